The third kappa shape index (κ3) is 5.38. The number of nitrogens with one attached hydrogen (secondary N) is 1. The number of hydrogen-bond donors (Lipinski definition) is 1. The van der Waals surface area contributed by atoms with Crippen LogP contribution in [0, 0.1) is 13.8 Å². The van der Waals surface area contributed by atoms with Gasteiger partial charge in [0.25, 0.3) is 5.91 Å². The Morgan fingerprint density at radius 3 is 2.47 bits per heavy atom. The first-order chi connectivity index (χ1) is 14.3. The second-order valence-electron chi connectivity index (χ2n) is 7.50. The highest BCUT2D eigenvalue weighted by Gasteiger charge is 2.28. The van der Waals surface area contributed by atoms with Gasteiger partial charge in [-0.1, -0.05) is 23.8 Å². The van der Waals surface area contributed by atoms with Crippen LogP contribution in [0.1, 0.15) is 28.4 Å². The van der Waals surface area contributed by atoms with Crippen LogP contribution in [-0.4, -0.2) is 57.6 Å². The first-order valence-corrected chi connectivity index (χ1v) is 11.4. The second-order valence-corrected chi connectivity index (χ2v) is 9.40. The fourth-order valence-corrected chi connectivity index (χ4v) is 4.81. The molecule has 2 aromatic carbocycles. The quantitative estimate of drug-likeness (QED) is 0.727. The van der Waals surface area contributed by atoms with Crippen molar-refractivity contribution in [2.24, 2.45) is 0 Å². The Bertz CT molecular complexity index is 983. The standard InChI is InChI=1S/C22H28N2O5S/c1-16-4-8-20(9-5-16)29-15-18(3)23-22(25)19-7-6-17(2)21(14-19)30(26,27)24-10-12-28-13-11-24/h4-9,14,18H,10-13,15H2,1-3H3,(H,23,25)/t18-/m0/s1. The van der Waals surface area contributed by atoms with Crippen LogP contribution in [0.5, 0.6) is 5.75 Å². The monoisotopic (exact) mass is 432 g/mol. The molecular formula is C22H28N2O5S. The molecule has 1 N–H and O–H groups in total. The van der Waals surface area contributed by atoms with Crippen molar-refractivity contribution in [2.45, 2.75) is 31.7 Å². The SMILES string of the molecule is Cc1ccc(OC[C@H](C)NC(=O)c2ccc(C)c(S(=O)(=O)N3CCOCC3)c2)cc1. The van der Waals surface area contributed by atoms with Gasteiger partial charge >= 0.3 is 0 Å². The summed E-state index contributed by atoms with van der Waals surface area (Å²) in [6.07, 6.45) is 0. The Kier molecular flexibility index (Phi) is 7.12. The van der Waals surface area contributed by atoms with E-state index < -0.39 is 10.0 Å². The molecule has 3 rings (SSSR count). The summed E-state index contributed by atoms with van der Waals surface area (Å²) in [5, 5.41) is 2.86. The largest absolute Gasteiger partial charge is 0.491 e. The highest BCUT2D eigenvalue weighted by Crippen LogP contribution is 2.22. The molecule has 1 atom stereocenters. The minimum atomic E-state index is -3.68. The number of amides is 1. The lowest BCUT2D eigenvalue weighted by Gasteiger charge is -2.26. The maximum Gasteiger partial charge on any atom is 0.251 e. The summed E-state index contributed by atoms with van der Waals surface area (Å²) in [6.45, 7) is 7.24. The smallest absolute Gasteiger partial charge is 0.251 e. The van der Waals surface area contributed by atoms with Crippen LogP contribution in [0.3, 0.4) is 0 Å². The van der Waals surface area contributed by atoms with Crippen LogP contribution >= 0.6 is 0 Å². The van der Waals surface area contributed by atoms with Crippen molar-refractivity contribution < 1.29 is 22.7 Å². The molecule has 0 spiro atoms. The zero-order valence-corrected chi connectivity index (χ0v) is 18.4. The van der Waals surface area contributed by atoms with E-state index in [1.54, 1.807) is 19.1 Å². The maximum absolute atomic E-state index is 13.0. The summed E-state index contributed by atoms with van der Waals surface area (Å²) in [5.74, 6) is 0.393. The third-order valence-corrected chi connectivity index (χ3v) is 6.98. The number of ether oxygens (including phenoxy) is 2. The number of carbonyl (C=O) groups excluding carboxylic acids is 1. The highest BCUT2D eigenvalue weighted by atomic mass is 32.2. The van der Waals surface area contributed by atoms with E-state index in [1.165, 1.54) is 10.4 Å². The first-order valence-electron chi connectivity index (χ1n) is 9.96. The van der Waals surface area contributed by atoms with Gasteiger partial charge in [0.15, 0.2) is 0 Å². The zero-order valence-electron chi connectivity index (χ0n) is 17.6. The maximum atomic E-state index is 13.0. The number of aryl methyl sites for hydroxylation is 2. The first kappa shape index (κ1) is 22.3. The van der Waals surface area contributed by atoms with Crippen molar-refractivity contribution in [1.29, 1.82) is 0 Å². The Hall–Kier alpha value is -2.42. The van der Waals surface area contributed by atoms with Crippen LogP contribution in [0.4, 0.5) is 0 Å². The van der Waals surface area contributed by atoms with Crippen molar-refractivity contribution in [3.8, 4) is 5.75 Å². The van der Waals surface area contributed by atoms with Gasteiger partial charge in [-0.2, -0.15) is 4.31 Å². The van der Waals surface area contributed by atoms with Gasteiger partial charge in [0.2, 0.25) is 10.0 Å². The van der Waals surface area contributed by atoms with Crippen molar-refractivity contribution >= 4 is 15.9 Å². The van der Waals surface area contributed by atoms with Gasteiger partial charge in [0.05, 0.1) is 24.2 Å². The molecule has 1 amide bonds. The molecule has 1 fully saturated rings. The van der Waals surface area contributed by atoms with Crippen LogP contribution in [0.2, 0.25) is 0 Å². The number of nitrogens with zero attached hydrogens (tertiary/aromatic N) is 1. The van der Waals surface area contributed by atoms with E-state index in [2.05, 4.69) is 5.32 Å². The van der Waals surface area contributed by atoms with Gasteiger partial charge in [-0.05, 0) is 50.6 Å². The number of rotatable bonds is 7. The van der Waals surface area contributed by atoms with E-state index in [9.17, 15) is 13.2 Å². The Balaban J connectivity index is 1.67. The van der Waals surface area contributed by atoms with Crippen LogP contribution < -0.4 is 10.1 Å². The van der Waals surface area contributed by atoms with E-state index in [0.29, 0.717) is 44.0 Å². The Morgan fingerprint density at radius 1 is 1.13 bits per heavy atom. The Morgan fingerprint density at radius 2 is 1.80 bits per heavy atom. The van der Waals surface area contributed by atoms with Gasteiger partial charge in [-0.3, -0.25) is 4.79 Å². The summed E-state index contributed by atoms with van der Waals surface area (Å²) >= 11 is 0. The second kappa shape index (κ2) is 9.59. The average molecular weight is 433 g/mol. The molecule has 0 aliphatic carbocycles. The summed E-state index contributed by atoms with van der Waals surface area (Å²) in [7, 11) is -3.68. The number of benzene rings is 2. The van der Waals surface area contributed by atoms with Gasteiger partial charge in [0.1, 0.15) is 12.4 Å². The number of carbonyl (C=O) groups is 1. The minimum absolute atomic E-state index is 0.153. The third-order valence-electron chi connectivity index (χ3n) is 4.94. The summed E-state index contributed by atoms with van der Waals surface area (Å²) < 4.78 is 38.4. The molecule has 0 aromatic heterocycles. The minimum Gasteiger partial charge on any atom is -0.491 e. The molecule has 162 valence electrons. The normalized spacial score (nSPS) is 16.1. The van der Waals surface area contributed by atoms with E-state index in [0.717, 1.165) is 11.3 Å². The zero-order chi connectivity index (χ0) is 21.7. The fourth-order valence-electron chi connectivity index (χ4n) is 3.15. The van der Waals surface area contributed by atoms with Gasteiger partial charge in [-0.15, -0.1) is 0 Å². The topological polar surface area (TPSA) is 84.9 Å². The molecule has 0 unspecified atom stereocenters. The number of hydrogen-bond acceptors (Lipinski definition) is 5. The lowest BCUT2D eigenvalue weighted by Crippen LogP contribution is -2.41. The lowest BCUT2D eigenvalue weighted by molar-refractivity contribution is 0.0730. The van der Waals surface area contributed by atoms with E-state index >= 15 is 0 Å². The predicted molar refractivity (Wildman–Crippen MR) is 114 cm³/mol. The molecule has 2 aromatic rings. The van der Waals surface area contributed by atoms with Crippen LogP contribution in [-0.2, 0) is 14.8 Å². The molecule has 0 radical (unpaired) electrons. The molecule has 1 heterocycles. The van der Waals surface area contributed by atoms with Crippen LogP contribution in [0.15, 0.2) is 47.4 Å². The lowest BCUT2D eigenvalue weighted by atomic mass is 10.1. The van der Waals surface area contributed by atoms with Crippen LogP contribution in [0.25, 0.3) is 0 Å². The molecule has 1 aliphatic heterocycles. The summed E-state index contributed by atoms with van der Waals surface area (Å²) in [4.78, 5) is 12.8. The summed E-state index contributed by atoms with van der Waals surface area (Å²) in [5.41, 5.74) is 2.05. The van der Waals surface area contributed by atoms with Gasteiger partial charge < -0.3 is 14.8 Å². The Labute approximate surface area is 178 Å². The number of sulfonamides is 1. The van der Waals surface area contributed by atoms with Gasteiger partial charge in [-0.25, -0.2) is 8.42 Å². The highest BCUT2D eigenvalue weighted by molar-refractivity contribution is 7.89. The van der Waals surface area contributed by atoms with E-state index in [-0.39, 0.29) is 16.8 Å². The molecule has 8 heteroatoms. The molecule has 7 nitrogen and oxygen atoms in total. The molecular weight excluding hydrogens is 404 g/mol. The number of morpholine rings is 1. The molecule has 1 saturated heterocycles. The van der Waals surface area contributed by atoms with E-state index in [4.69, 9.17) is 9.47 Å². The average Bonchev–Trinajstić information content (AvgIpc) is 2.74. The van der Waals surface area contributed by atoms with Crippen molar-refractivity contribution in [1.82, 2.24) is 9.62 Å². The molecule has 0 bridgehead atoms. The molecule has 0 saturated carbocycles. The van der Waals surface area contributed by atoms with Crippen molar-refractivity contribution in [3.05, 3.63) is 59.2 Å². The van der Waals surface area contributed by atoms with E-state index in [1.807, 2.05) is 38.1 Å². The van der Waals surface area contributed by atoms with Crippen molar-refractivity contribution in [2.75, 3.05) is 32.9 Å². The van der Waals surface area contributed by atoms with Gasteiger partial charge in [0, 0.05) is 18.7 Å². The predicted octanol–water partition coefficient (Wildman–Crippen LogP) is 2.52. The summed E-state index contributed by atoms with van der Waals surface area (Å²) in [6, 6.07) is 12.2. The molecule has 30 heavy (non-hydrogen) atoms. The molecule has 1 aliphatic rings. The fraction of sp³-hybridized carbons (Fsp3) is 0.409. The van der Waals surface area contributed by atoms with Crippen molar-refractivity contribution in [3.63, 3.8) is 0 Å².